The number of nitrogens with zero attached hydrogens (tertiary/aromatic N) is 3. The molecule has 1 atom stereocenters. The molecule has 1 aliphatic heterocycles. The van der Waals surface area contributed by atoms with Gasteiger partial charge in [0.05, 0.1) is 5.52 Å². The van der Waals surface area contributed by atoms with Gasteiger partial charge < -0.3 is 9.42 Å². The highest BCUT2D eigenvalue weighted by Crippen LogP contribution is 2.26. The summed E-state index contributed by atoms with van der Waals surface area (Å²) >= 11 is 0. The molecule has 0 N–H and O–H groups in total. The van der Waals surface area contributed by atoms with Gasteiger partial charge in [-0.1, -0.05) is 29.4 Å². The molecule has 4 rings (SSSR count). The van der Waals surface area contributed by atoms with E-state index in [0.29, 0.717) is 17.4 Å². The molecule has 1 aromatic carbocycles. The largest absolute Gasteiger partial charge is 0.361 e. The van der Waals surface area contributed by atoms with Crippen molar-refractivity contribution >= 4 is 16.8 Å². The Morgan fingerprint density at radius 1 is 1.23 bits per heavy atom. The number of pyridine rings is 1. The highest BCUT2D eigenvalue weighted by atomic mass is 16.5. The lowest BCUT2D eigenvalue weighted by Crippen LogP contribution is -2.32. The lowest BCUT2D eigenvalue weighted by atomic mass is 9.91. The maximum Gasteiger partial charge on any atom is 0.276 e. The highest BCUT2D eigenvalue weighted by molar-refractivity contribution is 5.92. The molecule has 1 amide bonds. The van der Waals surface area contributed by atoms with Crippen molar-refractivity contribution in [3.63, 3.8) is 0 Å². The van der Waals surface area contributed by atoms with Crippen molar-refractivity contribution in [2.75, 3.05) is 13.1 Å². The molecule has 0 unspecified atom stereocenters. The lowest BCUT2D eigenvalue weighted by Gasteiger charge is -2.19. The van der Waals surface area contributed by atoms with Crippen molar-refractivity contribution in [1.82, 2.24) is 15.0 Å². The van der Waals surface area contributed by atoms with Crippen LogP contribution in [-0.2, 0) is 6.42 Å². The predicted molar refractivity (Wildman–Crippen MR) is 99.9 cm³/mol. The lowest BCUT2D eigenvalue weighted by molar-refractivity contribution is 0.0749. The summed E-state index contributed by atoms with van der Waals surface area (Å²) in [6.07, 6.45) is 6.03. The zero-order valence-corrected chi connectivity index (χ0v) is 15.0. The predicted octanol–water partition coefficient (Wildman–Crippen LogP) is 4.02. The zero-order valence-electron chi connectivity index (χ0n) is 15.0. The molecule has 0 bridgehead atoms. The average Bonchev–Trinajstić information content (AvgIpc) is 2.96. The summed E-state index contributed by atoms with van der Waals surface area (Å²) in [4.78, 5) is 19.1. The maximum atomic E-state index is 12.6. The molecule has 134 valence electrons. The van der Waals surface area contributed by atoms with Gasteiger partial charge in [-0.2, -0.15) is 0 Å². The Balaban J connectivity index is 1.44. The Hall–Kier alpha value is -2.69. The fraction of sp³-hybridized carbons (Fsp3) is 0.381. The molecule has 5 nitrogen and oxygen atoms in total. The van der Waals surface area contributed by atoms with Gasteiger partial charge in [0.25, 0.3) is 5.91 Å². The third-order valence-corrected chi connectivity index (χ3v) is 5.21. The van der Waals surface area contributed by atoms with E-state index in [1.165, 1.54) is 10.9 Å². The van der Waals surface area contributed by atoms with E-state index >= 15 is 0 Å². The van der Waals surface area contributed by atoms with Crippen LogP contribution in [0.15, 0.2) is 47.1 Å². The van der Waals surface area contributed by atoms with Crippen molar-refractivity contribution in [1.29, 1.82) is 0 Å². The van der Waals surface area contributed by atoms with Crippen molar-refractivity contribution in [3.05, 3.63) is 59.6 Å². The van der Waals surface area contributed by atoms with Crippen LogP contribution in [-0.4, -0.2) is 34.0 Å². The summed E-state index contributed by atoms with van der Waals surface area (Å²) in [6.45, 7) is 3.36. The first-order valence-electron chi connectivity index (χ1n) is 9.26. The molecule has 1 saturated heterocycles. The van der Waals surface area contributed by atoms with Gasteiger partial charge in [0.2, 0.25) is 0 Å². The summed E-state index contributed by atoms with van der Waals surface area (Å²) in [5.74, 6) is 1.22. The number of para-hydroxylation sites is 1. The first-order chi connectivity index (χ1) is 12.7. The number of carbonyl (C=O) groups is 1. The number of hydrogen-bond acceptors (Lipinski definition) is 4. The first kappa shape index (κ1) is 16.8. The second-order valence-electron chi connectivity index (χ2n) is 7.11. The van der Waals surface area contributed by atoms with Gasteiger partial charge in [0, 0.05) is 30.7 Å². The normalized spacial score (nSPS) is 18.0. The van der Waals surface area contributed by atoms with Crippen LogP contribution in [0.3, 0.4) is 0 Å². The fourth-order valence-electron chi connectivity index (χ4n) is 3.84. The van der Waals surface area contributed by atoms with Crippen molar-refractivity contribution in [2.24, 2.45) is 5.92 Å². The second-order valence-corrected chi connectivity index (χ2v) is 7.11. The molecule has 1 fully saturated rings. The zero-order chi connectivity index (χ0) is 17.9. The van der Waals surface area contributed by atoms with Crippen LogP contribution >= 0.6 is 0 Å². The van der Waals surface area contributed by atoms with E-state index in [2.05, 4.69) is 34.4 Å². The van der Waals surface area contributed by atoms with E-state index in [-0.39, 0.29) is 5.91 Å². The van der Waals surface area contributed by atoms with Gasteiger partial charge in [-0.25, -0.2) is 0 Å². The standard InChI is InChI=1S/C21H23N3O2/c1-15-13-19(23-26-15)21(25)24-11-4-5-16(9-12-24)14-18-7-2-6-17-8-3-10-22-20(17)18/h2-3,6-8,10,13,16H,4-5,9,11-12,14H2,1H3/t16-/m1/s1. The number of fused-ring (bicyclic) bond motifs is 1. The average molecular weight is 349 g/mol. The summed E-state index contributed by atoms with van der Waals surface area (Å²) < 4.78 is 5.04. The molecule has 1 aliphatic rings. The summed E-state index contributed by atoms with van der Waals surface area (Å²) in [6, 6.07) is 12.2. The molecule has 0 spiro atoms. The van der Waals surface area contributed by atoms with E-state index in [1.54, 1.807) is 13.0 Å². The van der Waals surface area contributed by atoms with Gasteiger partial charge in [-0.05, 0) is 50.2 Å². The number of hydrogen-bond donors (Lipinski definition) is 0. The number of likely N-dealkylation sites (tertiary alicyclic amines) is 1. The van der Waals surface area contributed by atoms with E-state index in [9.17, 15) is 4.79 Å². The van der Waals surface area contributed by atoms with Crippen LogP contribution in [0.2, 0.25) is 0 Å². The molecule has 3 aromatic rings. The van der Waals surface area contributed by atoms with Gasteiger partial charge in [-0.15, -0.1) is 0 Å². The van der Waals surface area contributed by atoms with Crippen LogP contribution in [0.1, 0.15) is 41.1 Å². The monoisotopic (exact) mass is 349 g/mol. The molecule has 3 heterocycles. The van der Waals surface area contributed by atoms with Crippen LogP contribution in [0.25, 0.3) is 10.9 Å². The third kappa shape index (κ3) is 3.47. The molecule has 5 heteroatoms. The molecule has 26 heavy (non-hydrogen) atoms. The summed E-state index contributed by atoms with van der Waals surface area (Å²) in [5.41, 5.74) is 2.82. The Labute approximate surface area is 153 Å². The first-order valence-corrected chi connectivity index (χ1v) is 9.26. The molecule has 2 aromatic heterocycles. The topological polar surface area (TPSA) is 59.2 Å². The molecular formula is C21H23N3O2. The van der Waals surface area contributed by atoms with Gasteiger partial charge >= 0.3 is 0 Å². The second kappa shape index (κ2) is 7.28. The minimum absolute atomic E-state index is 0.0191. The number of aromatic nitrogens is 2. The van der Waals surface area contributed by atoms with E-state index < -0.39 is 0 Å². The van der Waals surface area contributed by atoms with E-state index in [0.717, 1.165) is 44.3 Å². The van der Waals surface area contributed by atoms with Crippen molar-refractivity contribution in [3.8, 4) is 0 Å². The van der Waals surface area contributed by atoms with Gasteiger partial charge in [0.1, 0.15) is 5.76 Å². The SMILES string of the molecule is Cc1cc(C(=O)N2CCC[C@@H](Cc3cccc4cccnc34)CC2)no1. The van der Waals surface area contributed by atoms with Crippen molar-refractivity contribution in [2.45, 2.75) is 32.6 Å². The number of aryl methyl sites for hydroxylation is 1. The van der Waals surface area contributed by atoms with Crippen LogP contribution in [0.5, 0.6) is 0 Å². The van der Waals surface area contributed by atoms with Gasteiger partial charge in [0.15, 0.2) is 5.69 Å². The Morgan fingerprint density at radius 3 is 2.96 bits per heavy atom. The molecule has 0 aliphatic carbocycles. The number of amides is 1. The molecular weight excluding hydrogens is 326 g/mol. The molecule has 0 radical (unpaired) electrons. The summed E-state index contributed by atoms with van der Waals surface area (Å²) in [5, 5.41) is 5.06. The van der Waals surface area contributed by atoms with E-state index in [1.807, 2.05) is 17.2 Å². The fourth-order valence-corrected chi connectivity index (χ4v) is 3.84. The smallest absolute Gasteiger partial charge is 0.276 e. The van der Waals surface area contributed by atoms with E-state index in [4.69, 9.17) is 4.52 Å². The maximum absolute atomic E-state index is 12.6. The van der Waals surface area contributed by atoms with Crippen LogP contribution in [0, 0.1) is 12.8 Å². The third-order valence-electron chi connectivity index (χ3n) is 5.21. The van der Waals surface area contributed by atoms with Crippen LogP contribution in [0.4, 0.5) is 0 Å². The number of benzene rings is 1. The Kier molecular flexibility index (Phi) is 4.69. The highest BCUT2D eigenvalue weighted by Gasteiger charge is 2.24. The molecule has 0 saturated carbocycles. The Morgan fingerprint density at radius 2 is 2.12 bits per heavy atom. The van der Waals surface area contributed by atoms with Crippen LogP contribution < -0.4 is 0 Å². The quantitative estimate of drug-likeness (QED) is 0.717. The summed E-state index contributed by atoms with van der Waals surface area (Å²) in [7, 11) is 0. The van der Waals surface area contributed by atoms with Crippen molar-refractivity contribution < 1.29 is 9.32 Å². The Bertz CT molecular complexity index is 913. The van der Waals surface area contributed by atoms with Gasteiger partial charge in [-0.3, -0.25) is 9.78 Å². The minimum Gasteiger partial charge on any atom is -0.361 e. The minimum atomic E-state index is -0.0191. The number of rotatable bonds is 3. The number of carbonyl (C=O) groups excluding carboxylic acids is 1.